The summed E-state index contributed by atoms with van der Waals surface area (Å²) in [5.74, 6) is 1.72. The highest BCUT2D eigenvalue weighted by atomic mass is 16.3. The van der Waals surface area contributed by atoms with Crippen LogP contribution < -0.4 is 0 Å². The highest BCUT2D eigenvalue weighted by molar-refractivity contribution is 6.14. The molecule has 5 nitrogen and oxygen atoms in total. The third kappa shape index (κ3) is 5.45. The maximum atomic E-state index is 6.49. The second kappa shape index (κ2) is 13.0. The molecule has 0 N–H and O–H groups in total. The highest BCUT2D eigenvalue weighted by Crippen LogP contribution is 2.41. The zero-order valence-corrected chi connectivity index (χ0v) is 30.1. The Balaban J connectivity index is 1.12. The van der Waals surface area contributed by atoms with Crippen LogP contribution in [0.4, 0.5) is 0 Å². The van der Waals surface area contributed by atoms with Gasteiger partial charge in [0.2, 0.25) is 0 Å². The molecule has 0 spiro atoms. The molecule has 0 amide bonds. The molecule has 0 saturated heterocycles. The molecule has 8 aromatic carbocycles. The Morgan fingerprint density at radius 3 is 1.18 bits per heavy atom. The maximum Gasteiger partial charge on any atom is 0.164 e. The van der Waals surface area contributed by atoms with E-state index < -0.39 is 0 Å². The minimum absolute atomic E-state index is 0.563. The highest BCUT2D eigenvalue weighted by Gasteiger charge is 2.21. The molecular formula is C51H31N3O2. The zero-order valence-electron chi connectivity index (χ0n) is 30.1. The molecule has 3 heterocycles. The van der Waals surface area contributed by atoms with Crippen LogP contribution in [0.5, 0.6) is 0 Å². The van der Waals surface area contributed by atoms with Crippen molar-refractivity contribution in [3.8, 4) is 67.5 Å². The molecule has 0 aliphatic heterocycles. The van der Waals surface area contributed by atoms with Gasteiger partial charge in [-0.25, -0.2) is 15.0 Å². The number of hydrogen-bond donors (Lipinski definition) is 0. The van der Waals surface area contributed by atoms with Crippen molar-refractivity contribution in [2.45, 2.75) is 0 Å². The molecule has 11 rings (SSSR count). The molecular weight excluding hydrogens is 687 g/mol. The van der Waals surface area contributed by atoms with Crippen molar-refractivity contribution in [1.29, 1.82) is 0 Å². The van der Waals surface area contributed by atoms with Crippen molar-refractivity contribution in [3.63, 3.8) is 0 Å². The number of benzene rings is 8. The lowest BCUT2D eigenvalue weighted by atomic mass is 9.97. The van der Waals surface area contributed by atoms with Gasteiger partial charge in [0.1, 0.15) is 22.3 Å². The number of furan rings is 2. The number of rotatable bonds is 6. The minimum Gasteiger partial charge on any atom is -0.456 e. The monoisotopic (exact) mass is 717 g/mol. The fraction of sp³-hybridized carbons (Fsp3) is 0. The lowest BCUT2D eigenvalue weighted by Crippen LogP contribution is -2.00. The van der Waals surface area contributed by atoms with E-state index in [-0.39, 0.29) is 0 Å². The second-order valence-corrected chi connectivity index (χ2v) is 14.0. The van der Waals surface area contributed by atoms with Gasteiger partial charge in [0, 0.05) is 38.2 Å². The summed E-state index contributed by atoms with van der Waals surface area (Å²) in [6.45, 7) is 0. The van der Waals surface area contributed by atoms with Crippen molar-refractivity contribution in [2.24, 2.45) is 0 Å². The summed E-state index contributed by atoms with van der Waals surface area (Å²) in [6.07, 6.45) is 0. The summed E-state index contributed by atoms with van der Waals surface area (Å²) < 4.78 is 12.9. The van der Waals surface area contributed by atoms with Gasteiger partial charge in [0.25, 0.3) is 0 Å². The maximum absolute atomic E-state index is 6.49. The molecule has 0 aliphatic carbocycles. The summed E-state index contributed by atoms with van der Waals surface area (Å²) in [4.78, 5) is 15.6. The van der Waals surface area contributed by atoms with Gasteiger partial charge in [0.15, 0.2) is 17.5 Å². The van der Waals surface area contributed by atoms with E-state index in [9.17, 15) is 0 Å². The Bertz CT molecular complexity index is 3240. The standard InChI is InChI=1S/C51H31N3O2/c1-4-13-32(14-5-1)35-19-10-20-36(29-35)38-26-28-44-42(31-38)48-40(22-12-24-46(48)56-44)51-53-49(34-17-8-3-9-18-34)52-50(54-51)39-21-11-23-45-47(39)41-30-37(25-27-43(41)55-45)33-15-6-2-7-16-33/h1-31H. The van der Waals surface area contributed by atoms with Crippen LogP contribution in [0.2, 0.25) is 0 Å². The van der Waals surface area contributed by atoms with E-state index in [0.717, 1.165) is 82.8 Å². The van der Waals surface area contributed by atoms with E-state index in [1.165, 1.54) is 11.1 Å². The first-order chi connectivity index (χ1) is 27.7. The van der Waals surface area contributed by atoms with Crippen molar-refractivity contribution in [2.75, 3.05) is 0 Å². The second-order valence-electron chi connectivity index (χ2n) is 14.0. The zero-order chi connectivity index (χ0) is 37.0. The van der Waals surface area contributed by atoms with E-state index in [4.69, 9.17) is 23.8 Å². The Kier molecular flexibility index (Phi) is 7.42. The fourth-order valence-electron chi connectivity index (χ4n) is 7.86. The number of hydrogen-bond acceptors (Lipinski definition) is 5. The predicted molar refractivity (Wildman–Crippen MR) is 227 cm³/mol. The van der Waals surface area contributed by atoms with Crippen molar-refractivity contribution in [3.05, 3.63) is 188 Å². The van der Waals surface area contributed by atoms with Gasteiger partial charge in [-0.05, 0) is 75.8 Å². The first-order valence-electron chi connectivity index (χ1n) is 18.7. The van der Waals surface area contributed by atoms with E-state index in [1.807, 2.05) is 72.8 Å². The van der Waals surface area contributed by atoms with E-state index >= 15 is 0 Å². The van der Waals surface area contributed by atoms with Gasteiger partial charge >= 0.3 is 0 Å². The molecule has 0 fully saturated rings. The van der Waals surface area contributed by atoms with Crippen LogP contribution in [-0.2, 0) is 0 Å². The first kappa shape index (κ1) is 31.9. The Morgan fingerprint density at radius 2 is 0.661 bits per heavy atom. The molecule has 0 atom stereocenters. The van der Waals surface area contributed by atoms with E-state index in [2.05, 4.69) is 115 Å². The van der Waals surface area contributed by atoms with Crippen molar-refractivity contribution >= 4 is 43.9 Å². The Hall–Kier alpha value is -7.63. The molecule has 262 valence electrons. The van der Waals surface area contributed by atoms with Crippen LogP contribution in [0, 0.1) is 0 Å². The summed E-state index contributed by atoms with van der Waals surface area (Å²) in [6, 6.07) is 64.6. The van der Waals surface area contributed by atoms with Gasteiger partial charge in [-0.3, -0.25) is 0 Å². The molecule has 0 saturated carbocycles. The van der Waals surface area contributed by atoms with E-state index in [0.29, 0.717) is 17.5 Å². The topological polar surface area (TPSA) is 65.0 Å². The summed E-state index contributed by atoms with van der Waals surface area (Å²) in [7, 11) is 0. The minimum atomic E-state index is 0.563. The molecule has 5 heteroatoms. The first-order valence-corrected chi connectivity index (χ1v) is 18.7. The van der Waals surface area contributed by atoms with Crippen LogP contribution in [-0.4, -0.2) is 15.0 Å². The molecule has 0 radical (unpaired) electrons. The van der Waals surface area contributed by atoms with Crippen LogP contribution in [0.1, 0.15) is 0 Å². The third-order valence-corrected chi connectivity index (χ3v) is 10.5. The smallest absolute Gasteiger partial charge is 0.164 e. The lowest BCUT2D eigenvalue weighted by Gasteiger charge is -2.10. The Labute approximate surface area is 322 Å². The Morgan fingerprint density at radius 1 is 0.268 bits per heavy atom. The van der Waals surface area contributed by atoms with Crippen LogP contribution in [0.15, 0.2) is 197 Å². The van der Waals surface area contributed by atoms with Gasteiger partial charge in [-0.2, -0.15) is 0 Å². The van der Waals surface area contributed by atoms with Gasteiger partial charge in [0.05, 0.1) is 0 Å². The van der Waals surface area contributed by atoms with Crippen molar-refractivity contribution in [1.82, 2.24) is 15.0 Å². The van der Waals surface area contributed by atoms with Gasteiger partial charge in [-0.1, -0.05) is 146 Å². The summed E-state index contributed by atoms with van der Waals surface area (Å²) in [5.41, 5.74) is 12.6. The lowest BCUT2D eigenvalue weighted by molar-refractivity contribution is 0.668. The molecule has 0 aliphatic rings. The largest absolute Gasteiger partial charge is 0.456 e. The van der Waals surface area contributed by atoms with Gasteiger partial charge in [-0.15, -0.1) is 0 Å². The van der Waals surface area contributed by atoms with Gasteiger partial charge < -0.3 is 8.83 Å². The average molecular weight is 718 g/mol. The summed E-state index contributed by atoms with van der Waals surface area (Å²) >= 11 is 0. The number of aromatic nitrogens is 3. The SMILES string of the molecule is c1ccc(-c2cccc(-c3ccc4oc5cccc(-c6nc(-c7ccccc7)nc(-c7cccc8oc9ccc(-c%10ccccc%10)cc9c78)n6)c5c4c3)c2)cc1. The predicted octanol–water partition coefficient (Wildman–Crippen LogP) is 13.7. The number of nitrogens with zero attached hydrogens (tertiary/aromatic N) is 3. The van der Waals surface area contributed by atoms with Crippen LogP contribution >= 0.6 is 0 Å². The molecule has 3 aromatic heterocycles. The van der Waals surface area contributed by atoms with E-state index in [1.54, 1.807) is 0 Å². The number of fused-ring (bicyclic) bond motifs is 6. The normalized spacial score (nSPS) is 11.6. The fourth-order valence-corrected chi connectivity index (χ4v) is 7.86. The molecule has 0 bridgehead atoms. The molecule has 11 aromatic rings. The van der Waals surface area contributed by atoms with Crippen LogP contribution in [0.3, 0.4) is 0 Å². The van der Waals surface area contributed by atoms with Crippen LogP contribution in [0.25, 0.3) is 111 Å². The van der Waals surface area contributed by atoms with Crippen molar-refractivity contribution < 1.29 is 8.83 Å². The average Bonchev–Trinajstić information content (AvgIpc) is 3.85. The molecule has 56 heavy (non-hydrogen) atoms. The summed E-state index contributed by atoms with van der Waals surface area (Å²) in [5, 5.41) is 3.93. The molecule has 0 unspecified atom stereocenters. The third-order valence-electron chi connectivity index (χ3n) is 10.5. The quantitative estimate of drug-likeness (QED) is 0.171.